The van der Waals surface area contributed by atoms with Crippen LogP contribution in [0, 0.1) is 17.5 Å². The molecule has 1 aliphatic rings. The predicted molar refractivity (Wildman–Crippen MR) is 107 cm³/mol. The van der Waals surface area contributed by atoms with Crippen molar-refractivity contribution in [2.45, 2.75) is 57.7 Å². The highest BCUT2D eigenvalue weighted by Crippen LogP contribution is 2.38. The molecule has 1 saturated carbocycles. The zero-order chi connectivity index (χ0) is 21.5. The van der Waals surface area contributed by atoms with Gasteiger partial charge in [-0.15, -0.1) is 0 Å². The summed E-state index contributed by atoms with van der Waals surface area (Å²) >= 11 is 0. The standard InChI is InChI=1S/C20H23F3N6O/c1-11(2)25-18-24-10-15-17(28-18)29(20(30)6-4-3-5-7-20)19(26-15)27-16-13(22)8-12(21)9-14(16)23/h8-11,30H,3-7H2,1-2H3,(H,26,27)(H,24,25,28). The SMILES string of the molecule is CC(C)Nc1ncc2nc(Nc3c(F)cc(F)cc3F)n(C3(O)CCCCC3)c2n1. The predicted octanol–water partition coefficient (Wildman–Crippen LogP) is 4.42. The Balaban J connectivity index is 1.87. The molecule has 3 aromatic rings. The number of anilines is 3. The van der Waals surface area contributed by atoms with E-state index in [0.717, 1.165) is 19.3 Å². The molecule has 2 heterocycles. The van der Waals surface area contributed by atoms with Crippen LogP contribution >= 0.6 is 0 Å². The van der Waals surface area contributed by atoms with E-state index in [0.29, 0.717) is 42.1 Å². The second-order valence-corrected chi connectivity index (χ2v) is 7.88. The summed E-state index contributed by atoms with van der Waals surface area (Å²) in [6.45, 7) is 3.87. The third-order valence-electron chi connectivity index (χ3n) is 5.13. The maximum Gasteiger partial charge on any atom is 0.224 e. The number of benzene rings is 1. The minimum atomic E-state index is -1.33. The average Bonchev–Trinajstić information content (AvgIpc) is 3.03. The molecule has 0 atom stereocenters. The van der Waals surface area contributed by atoms with Crippen LogP contribution in [0.25, 0.3) is 11.2 Å². The van der Waals surface area contributed by atoms with Gasteiger partial charge in [-0.25, -0.2) is 23.1 Å². The van der Waals surface area contributed by atoms with Gasteiger partial charge in [-0.3, -0.25) is 4.57 Å². The minimum absolute atomic E-state index is 0.00908. The van der Waals surface area contributed by atoms with Gasteiger partial charge >= 0.3 is 0 Å². The Morgan fingerprint density at radius 2 is 1.73 bits per heavy atom. The molecule has 4 rings (SSSR count). The Hall–Kier alpha value is -2.88. The molecule has 30 heavy (non-hydrogen) atoms. The van der Waals surface area contributed by atoms with Crippen molar-refractivity contribution in [3.63, 3.8) is 0 Å². The summed E-state index contributed by atoms with van der Waals surface area (Å²) < 4.78 is 43.3. The number of nitrogens with one attached hydrogen (secondary N) is 2. The Morgan fingerprint density at radius 1 is 1.07 bits per heavy atom. The highest BCUT2D eigenvalue weighted by Gasteiger charge is 2.36. The summed E-state index contributed by atoms with van der Waals surface area (Å²) in [6, 6.07) is 1.24. The fourth-order valence-electron chi connectivity index (χ4n) is 3.80. The van der Waals surface area contributed by atoms with Crippen LogP contribution in [0.5, 0.6) is 0 Å². The molecule has 0 unspecified atom stereocenters. The number of rotatable bonds is 5. The molecule has 0 saturated heterocycles. The molecule has 0 bridgehead atoms. The van der Waals surface area contributed by atoms with Gasteiger partial charge in [0.1, 0.15) is 22.7 Å². The fraction of sp³-hybridized carbons (Fsp3) is 0.450. The molecule has 10 heteroatoms. The third-order valence-corrected chi connectivity index (χ3v) is 5.13. The quantitative estimate of drug-likeness (QED) is 0.567. The molecular formula is C20H23F3N6O. The van der Waals surface area contributed by atoms with Crippen molar-refractivity contribution < 1.29 is 18.3 Å². The van der Waals surface area contributed by atoms with Crippen LogP contribution in [-0.4, -0.2) is 30.7 Å². The normalized spacial score (nSPS) is 16.2. The van der Waals surface area contributed by atoms with Crippen molar-refractivity contribution in [3.8, 4) is 0 Å². The van der Waals surface area contributed by atoms with Crippen molar-refractivity contribution >= 4 is 28.7 Å². The van der Waals surface area contributed by atoms with Crippen molar-refractivity contribution in [2.75, 3.05) is 10.6 Å². The Bertz CT molecular complexity index is 1050. The molecule has 1 aromatic carbocycles. The van der Waals surface area contributed by atoms with Gasteiger partial charge in [0.2, 0.25) is 11.9 Å². The third kappa shape index (κ3) is 3.79. The van der Waals surface area contributed by atoms with E-state index in [1.165, 1.54) is 10.8 Å². The summed E-state index contributed by atoms with van der Waals surface area (Å²) in [5, 5.41) is 17.1. The Morgan fingerprint density at radius 3 is 2.37 bits per heavy atom. The maximum atomic E-state index is 14.2. The minimum Gasteiger partial charge on any atom is -0.370 e. The lowest BCUT2D eigenvalue weighted by Gasteiger charge is -2.34. The van der Waals surface area contributed by atoms with E-state index in [2.05, 4.69) is 25.6 Å². The number of halogens is 3. The molecule has 2 aromatic heterocycles. The highest BCUT2D eigenvalue weighted by molar-refractivity contribution is 5.77. The zero-order valence-electron chi connectivity index (χ0n) is 16.7. The summed E-state index contributed by atoms with van der Waals surface area (Å²) in [5.41, 5.74) is -1.19. The van der Waals surface area contributed by atoms with E-state index in [1.54, 1.807) is 0 Å². The van der Waals surface area contributed by atoms with Gasteiger partial charge in [0.25, 0.3) is 0 Å². The van der Waals surface area contributed by atoms with Gasteiger partial charge in [-0.05, 0) is 39.5 Å². The first-order chi connectivity index (χ1) is 14.3. The van der Waals surface area contributed by atoms with E-state index in [4.69, 9.17) is 0 Å². The number of nitrogens with zero attached hydrogens (tertiary/aromatic N) is 4. The first kappa shape index (κ1) is 20.4. The molecule has 1 aliphatic carbocycles. The summed E-state index contributed by atoms with van der Waals surface area (Å²) in [5.74, 6) is -2.87. The lowest BCUT2D eigenvalue weighted by molar-refractivity contribution is -0.0646. The van der Waals surface area contributed by atoms with Crippen LogP contribution < -0.4 is 10.6 Å². The molecule has 160 valence electrons. The van der Waals surface area contributed by atoms with E-state index >= 15 is 0 Å². The van der Waals surface area contributed by atoms with Crippen molar-refractivity contribution in [1.29, 1.82) is 0 Å². The monoisotopic (exact) mass is 420 g/mol. The van der Waals surface area contributed by atoms with Crippen molar-refractivity contribution in [1.82, 2.24) is 19.5 Å². The van der Waals surface area contributed by atoms with E-state index in [-0.39, 0.29) is 12.0 Å². The smallest absolute Gasteiger partial charge is 0.224 e. The average molecular weight is 420 g/mol. The van der Waals surface area contributed by atoms with E-state index in [1.807, 2.05) is 13.8 Å². The van der Waals surface area contributed by atoms with Gasteiger partial charge < -0.3 is 15.7 Å². The van der Waals surface area contributed by atoms with Gasteiger partial charge in [-0.2, -0.15) is 4.98 Å². The Labute approximate surface area is 171 Å². The van der Waals surface area contributed by atoms with Crippen LogP contribution in [0.4, 0.5) is 30.8 Å². The molecule has 1 fully saturated rings. The number of aromatic nitrogens is 4. The molecule has 0 radical (unpaired) electrons. The second-order valence-electron chi connectivity index (χ2n) is 7.88. The number of imidazole rings is 1. The molecular weight excluding hydrogens is 397 g/mol. The van der Waals surface area contributed by atoms with Crippen LogP contribution in [-0.2, 0) is 5.72 Å². The number of fused-ring (bicyclic) bond motifs is 1. The lowest BCUT2D eigenvalue weighted by atomic mass is 9.91. The molecule has 0 spiro atoms. The Kier molecular flexibility index (Phi) is 5.27. The largest absolute Gasteiger partial charge is 0.370 e. The van der Waals surface area contributed by atoms with Gasteiger partial charge in [-0.1, -0.05) is 6.42 Å². The van der Waals surface area contributed by atoms with Crippen LogP contribution in [0.2, 0.25) is 0 Å². The number of hydrogen-bond donors (Lipinski definition) is 3. The first-order valence-corrected chi connectivity index (χ1v) is 9.93. The summed E-state index contributed by atoms with van der Waals surface area (Å²) in [4.78, 5) is 13.1. The van der Waals surface area contributed by atoms with Gasteiger partial charge in [0, 0.05) is 18.2 Å². The van der Waals surface area contributed by atoms with Gasteiger partial charge in [0.15, 0.2) is 17.3 Å². The van der Waals surface area contributed by atoms with Crippen molar-refractivity contribution in [3.05, 3.63) is 35.8 Å². The number of aliphatic hydroxyl groups is 1. The summed E-state index contributed by atoms with van der Waals surface area (Å²) in [7, 11) is 0. The lowest BCUT2D eigenvalue weighted by Crippen LogP contribution is -2.36. The van der Waals surface area contributed by atoms with Crippen LogP contribution in [0.15, 0.2) is 18.3 Å². The molecule has 3 N–H and O–H groups in total. The van der Waals surface area contributed by atoms with E-state index < -0.39 is 28.9 Å². The van der Waals surface area contributed by atoms with Crippen LogP contribution in [0.3, 0.4) is 0 Å². The van der Waals surface area contributed by atoms with Gasteiger partial charge in [0.05, 0.1) is 6.20 Å². The molecule has 7 nitrogen and oxygen atoms in total. The number of hydrogen-bond acceptors (Lipinski definition) is 6. The van der Waals surface area contributed by atoms with E-state index in [9.17, 15) is 18.3 Å². The molecule has 0 aliphatic heterocycles. The topological polar surface area (TPSA) is 87.9 Å². The zero-order valence-corrected chi connectivity index (χ0v) is 16.7. The first-order valence-electron chi connectivity index (χ1n) is 9.93. The fourth-order valence-corrected chi connectivity index (χ4v) is 3.80. The second kappa shape index (κ2) is 7.75. The van der Waals surface area contributed by atoms with Crippen molar-refractivity contribution in [2.24, 2.45) is 0 Å². The maximum absolute atomic E-state index is 14.2. The molecule has 0 amide bonds. The summed E-state index contributed by atoms with van der Waals surface area (Å²) in [6.07, 6.45) is 4.93. The van der Waals surface area contributed by atoms with Crippen LogP contribution in [0.1, 0.15) is 46.0 Å². The highest BCUT2D eigenvalue weighted by atomic mass is 19.1.